The van der Waals surface area contributed by atoms with E-state index in [4.69, 9.17) is 14.2 Å². The highest BCUT2D eigenvalue weighted by atomic mass is 16.5. The highest BCUT2D eigenvalue weighted by Gasteiger charge is 2.06. The van der Waals surface area contributed by atoms with Gasteiger partial charge in [0.2, 0.25) is 5.88 Å². The molecule has 0 fully saturated rings. The van der Waals surface area contributed by atoms with Crippen LogP contribution < -0.4 is 20.1 Å². The molecule has 0 saturated heterocycles. The van der Waals surface area contributed by atoms with Crippen molar-refractivity contribution >= 4 is 5.96 Å². The maximum atomic E-state index is 5.94. The van der Waals surface area contributed by atoms with Crippen LogP contribution in [-0.2, 0) is 17.8 Å². The fraction of sp³-hybridized carbons (Fsp3) is 0.429. The fourth-order valence-corrected chi connectivity index (χ4v) is 2.55. The lowest BCUT2D eigenvalue weighted by Crippen LogP contribution is -2.36. The van der Waals surface area contributed by atoms with Crippen molar-refractivity contribution < 1.29 is 14.2 Å². The summed E-state index contributed by atoms with van der Waals surface area (Å²) in [5, 5.41) is 6.61. The first-order chi connectivity index (χ1) is 13.7. The molecule has 152 valence electrons. The zero-order valence-electron chi connectivity index (χ0n) is 17.1. The van der Waals surface area contributed by atoms with Crippen LogP contribution in [0.25, 0.3) is 0 Å². The predicted molar refractivity (Wildman–Crippen MR) is 111 cm³/mol. The molecule has 28 heavy (non-hydrogen) atoms. The number of aliphatic imine (C=N–C) groups is 1. The topological polar surface area (TPSA) is 77.0 Å². The van der Waals surface area contributed by atoms with Crippen LogP contribution >= 0.6 is 0 Å². The summed E-state index contributed by atoms with van der Waals surface area (Å²) in [4.78, 5) is 8.49. The van der Waals surface area contributed by atoms with E-state index >= 15 is 0 Å². The van der Waals surface area contributed by atoms with Crippen molar-refractivity contribution in [3.63, 3.8) is 0 Å². The minimum atomic E-state index is 0.601. The molecule has 2 N–H and O–H groups in total. The Morgan fingerprint density at radius 3 is 2.57 bits per heavy atom. The molecule has 0 aliphatic heterocycles. The largest absolute Gasteiger partial charge is 0.493 e. The zero-order valence-corrected chi connectivity index (χ0v) is 17.1. The molecule has 1 aromatic heterocycles. The van der Waals surface area contributed by atoms with Crippen LogP contribution in [0.5, 0.6) is 11.6 Å². The van der Waals surface area contributed by atoms with E-state index in [1.54, 1.807) is 27.5 Å². The Labute approximate surface area is 167 Å². The molecule has 2 rings (SSSR count). The number of rotatable bonds is 10. The number of aromatic nitrogens is 1. The zero-order chi connectivity index (χ0) is 20.2. The van der Waals surface area contributed by atoms with Crippen molar-refractivity contribution in [2.24, 2.45) is 4.99 Å². The smallest absolute Gasteiger partial charge is 0.212 e. The molecule has 1 aromatic carbocycles. The third-order valence-corrected chi connectivity index (χ3v) is 4.11. The van der Waals surface area contributed by atoms with Crippen molar-refractivity contribution in [3.8, 4) is 11.6 Å². The van der Waals surface area contributed by atoms with Crippen molar-refractivity contribution in [1.82, 2.24) is 15.6 Å². The van der Waals surface area contributed by atoms with Gasteiger partial charge in [-0.15, -0.1) is 0 Å². The van der Waals surface area contributed by atoms with E-state index in [0.717, 1.165) is 23.3 Å². The number of hydrogen-bond donors (Lipinski definition) is 2. The lowest BCUT2D eigenvalue weighted by atomic mass is 10.1. The molecule has 0 aliphatic carbocycles. The van der Waals surface area contributed by atoms with Gasteiger partial charge < -0.3 is 24.8 Å². The predicted octanol–water partition coefficient (Wildman–Crippen LogP) is 2.68. The van der Waals surface area contributed by atoms with Crippen LogP contribution in [0.4, 0.5) is 0 Å². The number of aryl methyl sites for hydroxylation is 1. The molecular formula is C21H30N4O3. The number of methoxy groups -OCH3 is 2. The van der Waals surface area contributed by atoms with Crippen LogP contribution in [-0.4, -0.2) is 45.4 Å². The Hall–Kier alpha value is -2.80. The van der Waals surface area contributed by atoms with Gasteiger partial charge in [-0.25, -0.2) is 4.98 Å². The Morgan fingerprint density at radius 2 is 1.89 bits per heavy atom. The van der Waals surface area contributed by atoms with Crippen LogP contribution in [0.15, 0.2) is 41.5 Å². The molecule has 7 nitrogen and oxygen atoms in total. The molecule has 2 aromatic rings. The van der Waals surface area contributed by atoms with Crippen LogP contribution in [0, 0.1) is 6.92 Å². The quantitative estimate of drug-likeness (QED) is 0.371. The molecule has 0 atom stereocenters. The van der Waals surface area contributed by atoms with E-state index < -0.39 is 0 Å². The molecule has 0 unspecified atom stereocenters. The molecule has 0 saturated carbocycles. The van der Waals surface area contributed by atoms with Crippen molar-refractivity contribution in [2.45, 2.75) is 26.4 Å². The standard InChI is InChI=1S/C21H30N4O3/c1-16-6-8-18(19(12-16)28-11-5-10-26-3)15-25-21(22-2)24-14-17-7-9-20(27-4)23-13-17/h6-9,12-13H,5,10-11,14-15H2,1-4H3,(H2,22,24,25). The minimum Gasteiger partial charge on any atom is -0.493 e. The molecule has 7 heteroatoms. The van der Waals surface area contributed by atoms with Gasteiger partial charge in [0.25, 0.3) is 0 Å². The molecule has 0 radical (unpaired) electrons. The number of ether oxygens (including phenoxy) is 3. The van der Waals surface area contributed by atoms with Gasteiger partial charge in [-0.3, -0.25) is 4.99 Å². The maximum Gasteiger partial charge on any atom is 0.212 e. The summed E-state index contributed by atoms with van der Waals surface area (Å²) < 4.78 is 16.1. The lowest BCUT2D eigenvalue weighted by molar-refractivity contribution is 0.171. The Kier molecular flexibility index (Phi) is 9.07. The third-order valence-electron chi connectivity index (χ3n) is 4.11. The summed E-state index contributed by atoms with van der Waals surface area (Å²) in [5.41, 5.74) is 3.29. The van der Waals surface area contributed by atoms with Gasteiger partial charge in [0.05, 0.1) is 13.7 Å². The summed E-state index contributed by atoms with van der Waals surface area (Å²) >= 11 is 0. The number of hydrogen-bond acceptors (Lipinski definition) is 5. The first-order valence-corrected chi connectivity index (χ1v) is 9.31. The second kappa shape index (κ2) is 11.8. The van der Waals surface area contributed by atoms with Crippen molar-refractivity contribution in [2.75, 3.05) is 34.5 Å². The van der Waals surface area contributed by atoms with Crippen LogP contribution in [0.3, 0.4) is 0 Å². The highest BCUT2D eigenvalue weighted by molar-refractivity contribution is 5.79. The van der Waals surface area contributed by atoms with Gasteiger partial charge in [0.15, 0.2) is 5.96 Å². The number of benzene rings is 1. The van der Waals surface area contributed by atoms with E-state index in [2.05, 4.69) is 45.7 Å². The van der Waals surface area contributed by atoms with Crippen LogP contribution in [0.1, 0.15) is 23.1 Å². The number of nitrogens with one attached hydrogen (secondary N) is 2. The number of pyridine rings is 1. The maximum absolute atomic E-state index is 5.94. The summed E-state index contributed by atoms with van der Waals surface area (Å²) in [7, 11) is 5.05. The van der Waals surface area contributed by atoms with E-state index in [9.17, 15) is 0 Å². The molecular weight excluding hydrogens is 356 g/mol. The summed E-state index contributed by atoms with van der Waals surface area (Å²) in [6.45, 7) is 4.60. The van der Waals surface area contributed by atoms with Gasteiger partial charge in [0.1, 0.15) is 5.75 Å². The average molecular weight is 386 g/mol. The minimum absolute atomic E-state index is 0.601. The molecule has 1 heterocycles. The van der Waals surface area contributed by atoms with E-state index in [0.29, 0.717) is 38.1 Å². The normalized spacial score (nSPS) is 11.2. The van der Waals surface area contributed by atoms with Gasteiger partial charge in [-0.1, -0.05) is 18.2 Å². The van der Waals surface area contributed by atoms with E-state index in [-0.39, 0.29) is 0 Å². The van der Waals surface area contributed by atoms with E-state index in [1.807, 2.05) is 12.1 Å². The molecule has 0 amide bonds. The summed E-state index contributed by atoms with van der Waals surface area (Å²) in [5.74, 6) is 2.20. The first-order valence-electron chi connectivity index (χ1n) is 9.31. The van der Waals surface area contributed by atoms with Gasteiger partial charge >= 0.3 is 0 Å². The number of nitrogens with zero attached hydrogens (tertiary/aromatic N) is 2. The summed E-state index contributed by atoms with van der Waals surface area (Å²) in [6, 6.07) is 10.0. The third kappa shape index (κ3) is 7.08. The SMILES string of the molecule is CN=C(NCc1ccc(OC)nc1)NCc1ccc(C)cc1OCCCOC. The number of guanidine groups is 1. The van der Waals surface area contributed by atoms with Crippen molar-refractivity contribution in [1.29, 1.82) is 0 Å². The van der Waals surface area contributed by atoms with E-state index in [1.165, 1.54) is 5.56 Å². The molecule has 0 spiro atoms. The molecule has 0 aliphatic rings. The molecule has 0 bridgehead atoms. The van der Waals surface area contributed by atoms with Crippen molar-refractivity contribution in [3.05, 3.63) is 53.2 Å². The van der Waals surface area contributed by atoms with Gasteiger partial charge in [-0.2, -0.15) is 0 Å². The average Bonchev–Trinajstić information content (AvgIpc) is 2.73. The second-order valence-electron chi connectivity index (χ2n) is 6.29. The van der Waals surface area contributed by atoms with Gasteiger partial charge in [0, 0.05) is 58.1 Å². The lowest BCUT2D eigenvalue weighted by Gasteiger charge is -2.15. The first kappa shape index (κ1) is 21.5. The van der Waals surface area contributed by atoms with Gasteiger partial charge in [-0.05, 0) is 24.1 Å². The Balaban J connectivity index is 1.89. The summed E-state index contributed by atoms with van der Waals surface area (Å²) in [6.07, 6.45) is 2.64. The highest BCUT2D eigenvalue weighted by Crippen LogP contribution is 2.20. The Bertz CT molecular complexity index is 748. The Morgan fingerprint density at radius 1 is 1.07 bits per heavy atom. The second-order valence-corrected chi connectivity index (χ2v) is 6.29. The monoisotopic (exact) mass is 386 g/mol. The van der Waals surface area contributed by atoms with Crippen LogP contribution in [0.2, 0.25) is 0 Å². The fourth-order valence-electron chi connectivity index (χ4n) is 2.55.